The number of nitrogens with zero attached hydrogens (tertiary/aromatic N) is 3. The predicted octanol–water partition coefficient (Wildman–Crippen LogP) is 14.7. The summed E-state index contributed by atoms with van der Waals surface area (Å²) in [6.45, 7) is 16.8. The molecule has 1 N–H and O–H groups in total. The van der Waals surface area contributed by atoms with Gasteiger partial charge in [-0.15, -0.1) is 0 Å². The summed E-state index contributed by atoms with van der Waals surface area (Å²) >= 11 is 0. The monoisotopic (exact) mass is 780 g/mol. The van der Waals surface area contributed by atoms with Gasteiger partial charge >= 0.3 is 0 Å². The first-order valence-corrected chi connectivity index (χ1v) is 20.1. The van der Waals surface area contributed by atoms with Gasteiger partial charge in [-0.2, -0.15) is 0 Å². The molecule has 2 aromatic heterocycles. The lowest BCUT2D eigenvalue weighted by atomic mass is 9.83. The summed E-state index contributed by atoms with van der Waals surface area (Å²) < 4.78 is 60.6. The van der Waals surface area contributed by atoms with Crippen molar-refractivity contribution >= 4 is 11.0 Å². The molecule has 8 rings (SSSR count). The van der Waals surface area contributed by atoms with Crippen LogP contribution in [0.5, 0.6) is 5.75 Å². The molecule has 0 unspecified atom stereocenters. The van der Waals surface area contributed by atoms with E-state index in [0.717, 1.165) is 55.7 Å². The molecule has 296 valence electrons. The SMILES string of the molecule is [2H]c1c([2H])c(C([2H])([2H])[2H])c([2H])c([2H])c1-c1ccnc(-c2cc(-c3cccc4c3nc(-c3ccccc3O)n4-c3cc(C(C)(C)C)ccc3-c3ccc(C(C)(C)C)cc3)cc(C(C)(C)C)c2)c1. The van der Waals surface area contributed by atoms with Gasteiger partial charge in [0.05, 0.1) is 33.5 Å². The van der Waals surface area contributed by atoms with Crippen molar-refractivity contribution in [1.29, 1.82) is 0 Å². The normalized spacial score (nSPS) is 14.2. The second kappa shape index (κ2) is 14.8. The van der Waals surface area contributed by atoms with E-state index in [9.17, 15) is 5.11 Å². The fourth-order valence-electron chi connectivity index (χ4n) is 7.56. The third-order valence-corrected chi connectivity index (χ3v) is 11.1. The van der Waals surface area contributed by atoms with Crippen molar-refractivity contribution < 1.29 is 14.7 Å². The van der Waals surface area contributed by atoms with Crippen LogP contribution in [0.4, 0.5) is 0 Å². The molecule has 6 aromatic carbocycles. The van der Waals surface area contributed by atoms with Gasteiger partial charge in [-0.3, -0.25) is 9.55 Å². The van der Waals surface area contributed by atoms with Gasteiger partial charge in [0.2, 0.25) is 0 Å². The summed E-state index contributed by atoms with van der Waals surface area (Å²) in [5, 5.41) is 11.5. The smallest absolute Gasteiger partial charge is 0.149 e. The molecule has 0 radical (unpaired) electrons. The number of benzene rings is 6. The molecule has 0 aliphatic carbocycles. The van der Waals surface area contributed by atoms with E-state index in [0.29, 0.717) is 22.6 Å². The van der Waals surface area contributed by atoms with Crippen LogP contribution >= 0.6 is 0 Å². The second-order valence-corrected chi connectivity index (χ2v) is 18.5. The van der Waals surface area contributed by atoms with Gasteiger partial charge in [0.25, 0.3) is 0 Å². The molecule has 4 nitrogen and oxygen atoms in total. The van der Waals surface area contributed by atoms with Crippen LogP contribution in [-0.2, 0) is 16.2 Å². The van der Waals surface area contributed by atoms with Crippen LogP contribution in [-0.4, -0.2) is 19.6 Å². The van der Waals surface area contributed by atoms with Crippen LogP contribution in [0.2, 0.25) is 0 Å². The van der Waals surface area contributed by atoms with E-state index in [1.54, 1.807) is 24.4 Å². The molecule has 0 bridgehead atoms. The minimum absolute atomic E-state index is 0.000830. The highest BCUT2D eigenvalue weighted by atomic mass is 16.3. The van der Waals surface area contributed by atoms with Crippen molar-refractivity contribution in [2.24, 2.45) is 0 Å². The Morgan fingerprint density at radius 2 is 1.20 bits per heavy atom. The maximum Gasteiger partial charge on any atom is 0.149 e. The molecule has 0 spiro atoms. The summed E-state index contributed by atoms with van der Waals surface area (Å²) in [5.74, 6) is 0.691. The highest BCUT2D eigenvalue weighted by molar-refractivity contribution is 5.97. The standard InChI is InChI=1S/C55H55N3O/c1-35-18-20-36(21-19-35)38-28-29-56-47(33-38)40-30-39(31-43(32-40)55(8,9)10)45-15-13-16-48-51(45)57-52(46-14-11-12-17-50(46)59)58(48)49-34-42(54(5,6)7)26-27-44(49)37-22-24-41(25-23-37)53(2,3)4/h11-34,59H,1-10H3/i1D3,18D,19D,20D,21D. The Labute approximate surface area is 360 Å². The van der Waals surface area contributed by atoms with Gasteiger partial charge < -0.3 is 5.11 Å². The molecule has 4 heteroatoms. The molecule has 0 aliphatic heterocycles. The highest BCUT2D eigenvalue weighted by Gasteiger charge is 2.25. The zero-order valence-corrected chi connectivity index (χ0v) is 35.3. The topological polar surface area (TPSA) is 50.9 Å². The number of aromatic nitrogens is 3. The van der Waals surface area contributed by atoms with E-state index in [2.05, 4.69) is 134 Å². The summed E-state index contributed by atoms with van der Waals surface area (Å²) in [4.78, 5) is 10.2. The molecule has 8 aromatic rings. The maximum absolute atomic E-state index is 11.5. The van der Waals surface area contributed by atoms with Crippen molar-refractivity contribution in [1.82, 2.24) is 14.5 Å². The zero-order chi connectivity index (χ0) is 47.8. The lowest BCUT2D eigenvalue weighted by Gasteiger charge is -2.24. The third-order valence-electron chi connectivity index (χ3n) is 11.1. The van der Waals surface area contributed by atoms with Crippen molar-refractivity contribution in [2.75, 3.05) is 0 Å². The average molecular weight is 781 g/mol. The van der Waals surface area contributed by atoms with Gasteiger partial charge in [-0.1, -0.05) is 159 Å². The van der Waals surface area contributed by atoms with Crippen molar-refractivity contribution in [3.63, 3.8) is 0 Å². The van der Waals surface area contributed by atoms with Crippen LogP contribution < -0.4 is 0 Å². The summed E-state index contributed by atoms with van der Waals surface area (Å²) in [6.07, 6.45) is 1.57. The first-order valence-electron chi connectivity index (χ1n) is 23.6. The van der Waals surface area contributed by atoms with Gasteiger partial charge in [0, 0.05) is 27.0 Å². The maximum atomic E-state index is 11.5. The first kappa shape index (κ1) is 31.7. The Kier molecular flexibility index (Phi) is 7.97. The van der Waals surface area contributed by atoms with Crippen molar-refractivity contribution in [3.8, 4) is 67.5 Å². The quantitative estimate of drug-likeness (QED) is 0.183. The molecule has 0 saturated carbocycles. The Bertz CT molecular complexity index is 3150. The predicted molar refractivity (Wildman–Crippen MR) is 249 cm³/mol. The van der Waals surface area contributed by atoms with Crippen molar-refractivity contribution in [3.05, 3.63) is 168 Å². The fraction of sp³-hybridized carbons (Fsp3) is 0.236. The van der Waals surface area contributed by atoms with E-state index >= 15 is 0 Å². The highest BCUT2D eigenvalue weighted by Crippen LogP contribution is 2.43. The van der Waals surface area contributed by atoms with Crippen LogP contribution in [0, 0.1) is 6.85 Å². The second-order valence-electron chi connectivity index (χ2n) is 18.5. The number of hydrogen-bond donors (Lipinski definition) is 1. The van der Waals surface area contributed by atoms with Gasteiger partial charge in [-0.25, -0.2) is 4.98 Å². The van der Waals surface area contributed by atoms with Crippen LogP contribution in [0.3, 0.4) is 0 Å². The summed E-state index contributed by atoms with van der Waals surface area (Å²) in [7, 11) is 0. The molecular weight excluding hydrogens is 719 g/mol. The fourth-order valence-corrected chi connectivity index (χ4v) is 7.56. The van der Waals surface area contributed by atoms with E-state index in [1.807, 2.05) is 30.3 Å². The molecule has 0 saturated heterocycles. The molecule has 0 aliphatic rings. The number of aromatic hydroxyl groups is 1. The molecule has 0 fully saturated rings. The molecular formula is C55H55N3O. The number of para-hydroxylation sites is 2. The number of rotatable bonds is 6. The van der Waals surface area contributed by atoms with Crippen molar-refractivity contribution in [2.45, 2.75) is 85.4 Å². The van der Waals surface area contributed by atoms with Crippen LogP contribution in [0.1, 0.15) is 94.2 Å². The molecule has 2 heterocycles. The zero-order valence-electron chi connectivity index (χ0n) is 42.3. The molecule has 0 atom stereocenters. The summed E-state index contributed by atoms with van der Waals surface area (Å²) in [6, 6.07) is 36.4. The Morgan fingerprint density at radius 3 is 1.88 bits per heavy atom. The van der Waals surface area contributed by atoms with E-state index in [-0.39, 0.29) is 27.6 Å². The number of phenols is 1. The lowest BCUT2D eigenvalue weighted by Crippen LogP contribution is -2.13. The first-order chi connectivity index (χ1) is 30.8. The number of imidazole rings is 1. The number of hydrogen-bond acceptors (Lipinski definition) is 3. The van der Waals surface area contributed by atoms with Gasteiger partial charge in [-0.05, 0) is 111 Å². The summed E-state index contributed by atoms with van der Waals surface area (Å²) in [5.41, 5.74) is 10.8. The minimum atomic E-state index is -2.82. The number of phenolic OH excluding ortho intramolecular Hbond substituents is 1. The number of pyridine rings is 1. The minimum Gasteiger partial charge on any atom is -0.507 e. The largest absolute Gasteiger partial charge is 0.507 e. The van der Waals surface area contributed by atoms with Gasteiger partial charge in [0.15, 0.2) is 0 Å². The van der Waals surface area contributed by atoms with E-state index < -0.39 is 36.6 Å². The van der Waals surface area contributed by atoms with Crippen LogP contribution in [0.15, 0.2) is 146 Å². The van der Waals surface area contributed by atoms with E-state index in [4.69, 9.17) is 19.6 Å². The third kappa shape index (κ3) is 7.84. The van der Waals surface area contributed by atoms with E-state index in [1.165, 1.54) is 5.56 Å². The van der Waals surface area contributed by atoms with Crippen LogP contribution in [0.25, 0.3) is 72.7 Å². The Hall–Kier alpha value is -6.26. The Balaban J connectivity index is 1.38. The average Bonchev–Trinajstić information content (AvgIpc) is 3.64. The van der Waals surface area contributed by atoms with Gasteiger partial charge in [0.1, 0.15) is 11.6 Å². The number of fused-ring (bicyclic) bond motifs is 1. The molecule has 59 heavy (non-hydrogen) atoms. The Morgan fingerprint density at radius 1 is 0.542 bits per heavy atom. The lowest BCUT2D eigenvalue weighted by molar-refractivity contribution is 0.477. The molecule has 0 amide bonds.